The molecule has 92 valence electrons. The van der Waals surface area contributed by atoms with Gasteiger partial charge in [-0.3, -0.25) is 0 Å². The molecule has 0 aromatic heterocycles. The molecule has 2 N–H and O–H groups in total. The van der Waals surface area contributed by atoms with Crippen LogP contribution in [-0.2, 0) is 4.74 Å². The normalized spacial score (nSPS) is 40.9. The van der Waals surface area contributed by atoms with Crippen molar-refractivity contribution in [3.05, 3.63) is 0 Å². The van der Waals surface area contributed by atoms with Crippen molar-refractivity contribution in [3.8, 4) is 0 Å². The minimum absolute atomic E-state index is 0.647. The molecule has 2 heterocycles. The average Bonchev–Trinajstić information content (AvgIpc) is 2.73. The first-order valence-corrected chi connectivity index (χ1v) is 7.00. The molecule has 1 saturated carbocycles. The molecule has 0 aromatic carbocycles. The molecule has 3 atom stereocenters. The van der Waals surface area contributed by atoms with E-state index >= 15 is 0 Å². The lowest BCUT2D eigenvalue weighted by molar-refractivity contribution is -0.0131. The molecular formula is C13H24N2O. The van der Waals surface area contributed by atoms with Crippen molar-refractivity contribution >= 4 is 0 Å². The first-order valence-electron chi connectivity index (χ1n) is 7.00. The van der Waals surface area contributed by atoms with Crippen LogP contribution in [0.5, 0.6) is 0 Å². The first-order chi connectivity index (χ1) is 7.93. The van der Waals surface area contributed by atoms with Crippen LogP contribution in [-0.4, -0.2) is 37.9 Å². The van der Waals surface area contributed by atoms with Gasteiger partial charge in [0.15, 0.2) is 0 Å². The van der Waals surface area contributed by atoms with Crippen LogP contribution in [0.25, 0.3) is 0 Å². The summed E-state index contributed by atoms with van der Waals surface area (Å²) in [4.78, 5) is 0. The zero-order chi connectivity index (χ0) is 10.8. The highest BCUT2D eigenvalue weighted by Crippen LogP contribution is 2.32. The first kappa shape index (κ1) is 11.0. The second-order valence-electron chi connectivity index (χ2n) is 5.66. The molecule has 3 rings (SSSR count). The Balaban J connectivity index is 1.54. The predicted molar refractivity (Wildman–Crippen MR) is 64.5 cm³/mol. The highest BCUT2D eigenvalue weighted by atomic mass is 16.5. The Bertz CT molecular complexity index is 224. The van der Waals surface area contributed by atoms with Crippen molar-refractivity contribution < 1.29 is 4.74 Å². The molecule has 0 amide bonds. The van der Waals surface area contributed by atoms with E-state index in [0.29, 0.717) is 6.04 Å². The number of hydrogen-bond acceptors (Lipinski definition) is 3. The highest BCUT2D eigenvalue weighted by Gasteiger charge is 2.36. The van der Waals surface area contributed by atoms with Gasteiger partial charge < -0.3 is 15.4 Å². The lowest BCUT2D eigenvalue weighted by Crippen LogP contribution is -2.54. The van der Waals surface area contributed by atoms with Gasteiger partial charge in [-0.1, -0.05) is 12.8 Å². The molecule has 3 fully saturated rings. The Morgan fingerprint density at radius 2 is 1.94 bits per heavy atom. The Kier molecular flexibility index (Phi) is 3.46. The fraction of sp³-hybridized carbons (Fsp3) is 1.00. The summed E-state index contributed by atoms with van der Waals surface area (Å²) < 4.78 is 5.25. The SMILES string of the molecule is C1CCC(C2CCCC2NC2COC2)NC1. The Labute approximate surface area is 98.3 Å². The Morgan fingerprint density at radius 3 is 2.62 bits per heavy atom. The fourth-order valence-corrected chi connectivity index (χ4v) is 3.56. The Hall–Kier alpha value is -0.120. The van der Waals surface area contributed by atoms with E-state index in [-0.39, 0.29) is 0 Å². The van der Waals surface area contributed by atoms with E-state index in [1.807, 2.05) is 0 Å². The van der Waals surface area contributed by atoms with Crippen molar-refractivity contribution in [1.29, 1.82) is 0 Å². The molecule has 3 unspecified atom stereocenters. The summed E-state index contributed by atoms with van der Waals surface area (Å²) in [7, 11) is 0. The predicted octanol–water partition coefficient (Wildman–Crippen LogP) is 1.29. The van der Waals surface area contributed by atoms with Crippen LogP contribution in [0.2, 0.25) is 0 Å². The minimum atomic E-state index is 0.647. The van der Waals surface area contributed by atoms with Crippen molar-refractivity contribution in [2.45, 2.75) is 56.7 Å². The van der Waals surface area contributed by atoms with Gasteiger partial charge in [-0.25, -0.2) is 0 Å². The molecule has 16 heavy (non-hydrogen) atoms. The lowest BCUT2D eigenvalue weighted by Gasteiger charge is -2.37. The molecule has 2 aliphatic heterocycles. The zero-order valence-electron chi connectivity index (χ0n) is 10.1. The van der Waals surface area contributed by atoms with Gasteiger partial charge in [0.05, 0.1) is 19.3 Å². The van der Waals surface area contributed by atoms with Crippen molar-refractivity contribution in [3.63, 3.8) is 0 Å². The number of nitrogens with one attached hydrogen (secondary N) is 2. The number of hydrogen-bond donors (Lipinski definition) is 2. The van der Waals surface area contributed by atoms with Gasteiger partial charge in [-0.2, -0.15) is 0 Å². The van der Waals surface area contributed by atoms with E-state index in [0.717, 1.165) is 31.2 Å². The van der Waals surface area contributed by atoms with Gasteiger partial charge in [0.25, 0.3) is 0 Å². The van der Waals surface area contributed by atoms with Crippen molar-refractivity contribution in [2.24, 2.45) is 5.92 Å². The number of ether oxygens (including phenoxy) is 1. The van der Waals surface area contributed by atoms with Crippen LogP contribution >= 0.6 is 0 Å². The summed E-state index contributed by atoms with van der Waals surface area (Å²) in [5.41, 5.74) is 0. The molecule has 0 bridgehead atoms. The van der Waals surface area contributed by atoms with E-state index in [1.165, 1.54) is 45.1 Å². The van der Waals surface area contributed by atoms with E-state index in [9.17, 15) is 0 Å². The molecule has 0 aromatic rings. The zero-order valence-corrected chi connectivity index (χ0v) is 10.1. The maximum atomic E-state index is 5.25. The summed E-state index contributed by atoms with van der Waals surface area (Å²) in [6.07, 6.45) is 8.39. The van der Waals surface area contributed by atoms with Crippen LogP contribution in [0.1, 0.15) is 38.5 Å². The molecule has 2 saturated heterocycles. The topological polar surface area (TPSA) is 33.3 Å². The van der Waals surface area contributed by atoms with E-state index in [4.69, 9.17) is 4.74 Å². The van der Waals surface area contributed by atoms with Gasteiger partial charge in [-0.05, 0) is 38.1 Å². The quantitative estimate of drug-likeness (QED) is 0.758. The summed E-state index contributed by atoms with van der Waals surface area (Å²) in [6.45, 7) is 3.10. The molecule has 1 aliphatic carbocycles. The minimum Gasteiger partial charge on any atom is -0.378 e. The smallest absolute Gasteiger partial charge is 0.0643 e. The van der Waals surface area contributed by atoms with Crippen LogP contribution in [0, 0.1) is 5.92 Å². The highest BCUT2D eigenvalue weighted by molar-refractivity contribution is 4.94. The van der Waals surface area contributed by atoms with Gasteiger partial charge in [-0.15, -0.1) is 0 Å². The average molecular weight is 224 g/mol. The van der Waals surface area contributed by atoms with Crippen LogP contribution in [0.3, 0.4) is 0 Å². The third kappa shape index (κ3) is 2.27. The molecule has 3 heteroatoms. The molecule has 0 radical (unpaired) electrons. The standard InChI is InChI=1S/C13H24N2O/c1-2-7-14-12(5-1)11-4-3-6-13(11)15-10-8-16-9-10/h10-15H,1-9H2. The molecular weight excluding hydrogens is 200 g/mol. The number of piperidine rings is 1. The number of rotatable bonds is 3. The largest absolute Gasteiger partial charge is 0.378 e. The van der Waals surface area contributed by atoms with Crippen LogP contribution in [0.4, 0.5) is 0 Å². The third-order valence-corrected chi connectivity index (χ3v) is 4.52. The van der Waals surface area contributed by atoms with E-state index in [2.05, 4.69) is 10.6 Å². The molecule has 0 spiro atoms. The maximum Gasteiger partial charge on any atom is 0.0643 e. The maximum absolute atomic E-state index is 5.25. The van der Waals surface area contributed by atoms with Crippen LogP contribution in [0.15, 0.2) is 0 Å². The summed E-state index contributed by atoms with van der Waals surface area (Å²) in [6, 6.07) is 2.19. The monoisotopic (exact) mass is 224 g/mol. The van der Waals surface area contributed by atoms with E-state index < -0.39 is 0 Å². The summed E-state index contributed by atoms with van der Waals surface area (Å²) in [5.74, 6) is 0.876. The third-order valence-electron chi connectivity index (χ3n) is 4.52. The van der Waals surface area contributed by atoms with E-state index in [1.54, 1.807) is 0 Å². The van der Waals surface area contributed by atoms with Crippen LogP contribution < -0.4 is 10.6 Å². The van der Waals surface area contributed by atoms with Crippen molar-refractivity contribution in [2.75, 3.05) is 19.8 Å². The second-order valence-corrected chi connectivity index (χ2v) is 5.66. The van der Waals surface area contributed by atoms with Gasteiger partial charge >= 0.3 is 0 Å². The Morgan fingerprint density at radius 1 is 1.00 bits per heavy atom. The van der Waals surface area contributed by atoms with Gasteiger partial charge in [0, 0.05) is 12.1 Å². The summed E-state index contributed by atoms with van der Waals surface area (Å²) in [5, 5.41) is 7.53. The van der Waals surface area contributed by atoms with Gasteiger partial charge in [0.1, 0.15) is 0 Å². The fourth-order valence-electron chi connectivity index (χ4n) is 3.56. The van der Waals surface area contributed by atoms with Crippen molar-refractivity contribution in [1.82, 2.24) is 10.6 Å². The molecule has 3 nitrogen and oxygen atoms in total. The lowest BCUT2D eigenvalue weighted by atomic mass is 9.88. The van der Waals surface area contributed by atoms with Gasteiger partial charge in [0.2, 0.25) is 0 Å². The molecule has 3 aliphatic rings. The second kappa shape index (κ2) is 5.03. The summed E-state index contributed by atoms with van der Waals surface area (Å²) >= 11 is 0.